The molecule has 6 heteroatoms. The van der Waals surface area contributed by atoms with Gasteiger partial charge in [-0.2, -0.15) is 0 Å². The first-order chi connectivity index (χ1) is 11.2. The highest BCUT2D eigenvalue weighted by atomic mass is 16.5. The lowest BCUT2D eigenvalue weighted by Gasteiger charge is -2.22. The van der Waals surface area contributed by atoms with E-state index in [4.69, 9.17) is 4.74 Å². The number of ether oxygens (including phenoxy) is 1. The van der Waals surface area contributed by atoms with Crippen molar-refractivity contribution in [3.8, 4) is 0 Å². The average molecular weight is 324 g/mol. The Bertz CT molecular complexity index is 392. The lowest BCUT2D eigenvalue weighted by atomic mass is 10.3. The summed E-state index contributed by atoms with van der Waals surface area (Å²) in [5.74, 6) is 1.86. The van der Waals surface area contributed by atoms with Crippen molar-refractivity contribution in [3.63, 3.8) is 0 Å². The van der Waals surface area contributed by atoms with Crippen molar-refractivity contribution in [2.45, 2.75) is 51.5 Å². The molecule has 6 nitrogen and oxygen atoms in total. The van der Waals surface area contributed by atoms with Gasteiger partial charge in [0.05, 0.1) is 6.61 Å². The Hall–Kier alpha value is -1.30. The van der Waals surface area contributed by atoms with Crippen molar-refractivity contribution in [2.75, 3.05) is 39.9 Å². The van der Waals surface area contributed by atoms with Crippen LogP contribution >= 0.6 is 0 Å². The lowest BCUT2D eigenvalue weighted by Crippen LogP contribution is -2.40. The minimum atomic E-state index is 0.162. The highest BCUT2D eigenvalue weighted by Gasteiger charge is 2.22. The Balaban J connectivity index is 1.59. The molecule has 1 amide bonds. The number of guanidine groups is 1. The van der Waals surface area contributed by atoms with Crippen molar-refractivity contribution in [3.05, 3.63) is 0 Å². The van der Waals surface area contributed by atoms with Crippen LogP contribution in [0.25, 0.3) is 0 Å². The van der Waals surface area contributed by atoms with Crippen LogP contribution in [0.2, 0.25) is 0 Å². The molecule has 0 heterocycles. The molecule has 0 aromatic heterocycles. The van der Waals surface area contributed by atoms with Gasteiger partial charge in [-0.15, -0.1) is 0 Å². The molecule has 2 N–H and O–H groups in total. The van der Waals surface area contributed by atoms with Crippen LogP contribution in [0.4, 0.5) is 0 Å². The summed E-state index contributed by atoms with van der Waals surface area (Å²) in [7, 11) is 2.03. The zero-order valence-corrected chi connectivity index (χ0v) is 14.6. The molecule has 2 rings (SSSR count). The molecule has 132 valence electrons. The molecule has 0 radical (unpaired) electrons. The van der Waals surface area contributed by atoms with Crippen molar-refractivity contribution >= 4 is 11.9 Å². The fourth-order valence-electron chi connectivity index (χ4n) is 2.26. The maximum absolute atomic E-state index is 11.6. The third-order valence-corrected chi connectivity index (χ3v) is 4.08. The number of hydrogen-bond acceptors (Lipinski definition) is 3. The van der Waals surface area contributed by atoms with Crippen LogP contribution in [-0.2, 0) is 9.53 Å². The van der Waals surface area contributed by atoms with E-state index >= 15 is 0 Å². The van der Waals surface area contributed by atoms with Crippen LogP contribution in [0, 0.1) is 5.92 Å². The Morgan fingerprint density at radius 1 is 1.30 bits per heavy atom. The summed E-state index contributed by atoms with van der Waals surface area (Å²) in [5, 5.41) is 6.30. The summed E-state index contributed by atoms with van der Waals surface area (Å²) in [6.45, 7) is 6.05. The van der Waals surface area contributed by atoms with Gasteiger partial charge in [0.2, 0.25) is 5.91 Å². The van der Waals surface area contributed by atoms with Gasteiger partial charge in [-0.1, -0.05) is 0 Å². The van der Waals surface area contributed by atoms with E-state index in [1.54, 1.807) is 0 Å². The molecule has 0 aromatic carbocycles. The fourth-order valence-corrected chi connectivity index (χ4v) is 2.26. The summed E-state index contributed by atoms with van der Waals surface area (Å²) in [4.78, 5) is 18.3. The number of carbonyl (C=O) groups excluding carboxylic acids is 1. The molecular formula is C17H32N4O2. The van der Waals surface area contributed by atoms with Crippen LogP contribution < -0.4 is 10.6 Å². The Labute approximate surface area is 140 Å². The van der Waals surface area contributed by atoms with E-state index in [2.05, 4.69) is 27.4 Å². The lowest BCUT2D eigenvalue weighted by molar-refractivity contribution is -0.121. The molecule has 0 atom stereocenters. The second kappa shape index (κ2) is 9.75. The van der Waals surface area contributed by atoms with E-state index in [1.807, 2.05) is 7.05 Å². The van der Waals surface area contributed by atoms with Crippen LogP contribution in [-0.4, -0.2) is 62.7 Å². The maximum Gasteiger partial charge on any atom is 0.220 e. The summed E-state index contributed by atoms with van der Waals surface area (Å²) in [6, 6.07) is 0.449. The zero-order chi connectivity index (χ0) is 16.5. The maximum atomic E-state index is 11.6. The standard InChI is InChI=1S/C17H32N4O2/c1-3-18-17(21(2)11-12-23-13-14-6-7-14)19-10-4-5-16(22)20-15-8-9-15/h14-15H,3-13H2,1-2H3,(H,18,19)(H,20,22). The van der Waals surface area contributed by atoms with Gasteiger partial charge in [0.1, 0.15) is 0 Å². The molecule has 0 aromatic rings. The summed E-state index contributed by atoms with van der Waals surface area (Å²) >= 11 is 0. The largest absolute Gasteiger partial charge is 0.379 e. The highest BCUT2D eigenvalue weighted by Crippen LogP contribution is 2.28. The van der Waals surface area contributed by atoms with Gasteiger partial charge < -0.3 is 20.3 Å². The molecule has 0 unspecified atom stereocenters. The van der Waals surface area contributed by atoms with E-state index in [0.29, 0.717) is 19.0 Å². The molecule has 0 saturated heterocycles. The first kappa shape index (κ1) is 18.0. The summed E-state index contributed by atoms with van der Waals surface area (Å²) < 4.78 is 5.68. The van der Waals surface area contributed by atoms with Crippen molar-refractivity contribution < 1.29 is 9.53 Å². The highest BCUT2D eigenvalue weighted by molar-refractivity contribution is 5.80. The normalized spacial score (nSPS) is 17.9. The Morgan fingerprint density at radius 3 is 2.74 bits per heavy atom. The Morgan fingerprint density at radius 2 is 2.09 bits per heavy atom. The van der Waals surface area contributed by atoms with E-state index in [0.717, 1.165) is 57.4 Å². The topological polar surface area (TPSA) is 66.0 Å². The van der Waals surface area contributed by atoms with Crippen LogP contribution in [0.5, 0.6) is 0 Å². The molecule has 2 fully saturated rings. The minimum absolute atomic E-state index is 0.162. The molecule has 0 aliphatic heterocycles. The number of hydrogen-bond donors (Lipinski definition) is 2. The smallest absolute Gasteiger partial charge is 0.220 e. The van der Waals surface area contributed by atoms with Crippen molar-refractivity contribution in [1.29, 1.82) is 0 Å². The number of rotatable bonds is 11. The van der Waals surface area contributed by atoms with E-state index < -0.39 is 0 Å². The van der Waals surface area contributed by atoms with Gasteiger partial charge in [-0.3, -0.25) is 9.79 Å². The summed E-state index contributed by atoms with van der Waals surface area (Å²) in [6.07, 6.45) is 6.29. The van der Waals surface area contributed by atoms with Crippen LogP contribution in [0.15, 0.2) is 4.99 Å². The fraction of sp³-hybridized carbons (Fsp3) is 0.882. The van der Waals surface area contributed by atoms with Gasteiger partial charge in [-0.25, -0.2) is 0 Å². The SMILES string of the molecule is CCNC(=NCCCC(=O)NC1CC1)N(C)CCOCC1CC1. The first-order valence-electron chi connectivity index (χ1n) is 9.05. The molecular weight excluding hydrogens is 292 g/mol. The van der Waals surface area contributed by atoms with Gasteiger partial charge in [0, 0.05) is 45.8 Å². The zero-order valence-electron chi connectivity index (χ0n) is 14.6. The van der Waals surface area contributed by atoms with Gasteiger partial charge in [0.15, 0.2) is 5.96 Å². The quantitative estimate of drug-likeness (QED) is 0.342. The van der Waals surface area contributed by atoms with Crippen LogP contribution in [0.1, 0.15) is 45.4 Å². The van der Waals surface area contributed by atoms with E-state index in [9.17, 15) is 4.79 Å². The molecule has 2 aliphatic rings. The minimum Gasteiger partial charge on any atom is -0.379 e. The predicted octanol–water partition coefficient (Wildman–Crippen LogP) is 1.37. The first-order valence-corrected chi connectivity index (χ1v) is 9.05. The monoisotopic (exact) mass is 324 g/mol. The van der Waals surface area contributed by atoms with E-state index in [-0.39, 0.29) is 5.91 Å². The third-order valence-electron chi connectivity index (χ3n) is 4.08. The van der Waals surface area contributed by atoms with E-state index in [1.165, 1.54) is 12.8 Å². The molecule has 0 spiro atoms. The van der Waals surface area contributed by atoms with Crippen molar-refractivity contribution in [2.24, 2.45) is 10.9 Å². The number of likely N-dealkylation sites (N-methyl/N-ethyl adjacent to an activating group) is 1. The van der Waals surface area contributed by atoms with Gasteiger partial charge >= 0.3 is 0 Å². The average Bonchev–Trinajstić information content (AvgIpc) is 3.41. The van der Waals surface area contributed by atoms with Gasteiger partial charge in [0.25, 0.3) is 0 Å². The second-order valence-corrected chi connectivity index (χ2v) is 6.62. The predicted molar refractivity (Wildman–Crippen MR) is 92.6 cm³/mol. The number of amides is 1. The molecule has 23 heavy (non-hydrogen) atoms. The van der Waals surface area contributed by atoms with Crippen LogP contribution in [0.3, 0.4) is 0 Å². The molecule has 2 aliphatic carbocycles. The third kappa shape index (κ3) is 8.21. The number of aliphatic imine (C=N–C) groups is 1. The second-order valence-electron chi connectivity index (χ2n) is 6.62. The molecule has 0 bridgehead atoms. The number of carbonyl (C=O) groups is 1. The number of nitrogens with one attached hydrogen (secondary N) is 2. The summed E-state index contributed by atoms with van der Waals surface area (Å²) in [5.41, 5.74) is 0. The number of nitrogens with zero attached hydrogens (tertiary/aromatic N) is 2. The van der Waals surface area contributed by atoms with Gasteiger partial charge in [-0.05, 0) is 44.9 Å². The van der Waals surface area contributed by atoms with Crippen molar-refractivity contribution in [1.82, 2.24) is 15.5 Å². The molecule has 2 saturated carbocycles. The Kier molecular flexibility index (Phi) is 7.65.